The lowest BCUT2D eigenvalue weighted by atomic mass is 10.0. The highest BCUT2D eigenvalue weighted by molar-refractivity contribution is 9.10. The lowest BCUT2D eigenvalue weighted by Gasteiger charge is -2.11. The van der Waals surface area contributed by atoms with Crippen molar-refractivity contribution in [2.45, 2.75) is 26.5 Å². The fraction of sp³-hybridized carbons (Fsp3) is 0.273. The van der Waals surface area contributed by atoms with E-state index in [4.69, 9.17) is 14.2 Å². The Morgan fingerprint density at radius 3 is 2.45 bits per heavy atom. The number of hydrogen-bond acceptors (Lipinski definition) is 5. The quantitative estimate of drug-likeness (QED) is 0.441. The molecular formula is C22H23BrN2O4. The summed E-state index contributed by atoms with van der Waals surface area (Å²) in [6, 6.07) is 14.9. The van der Waals surface area contributed by atoms with E-state index in [0.717, 1.165) is 5.56 Å². The zero-order valence-corrected chi connectivity index (χ0v) is 18.4. The van der Waals surface area contributed by atoms with Crippen LogP contribution >= 0.6 is 15.9 Å². The summed E-state index contributed by atoms with van der Waals surface area (Å²) in [7, 11) is 3.08. The van der Waals surface area contributed by atoms with Gasteiger partial charge in [-0.15, -0.1) is 5.10 Å². The van der Waals surface area contributed by atoms with Gasteiger partial charge >= 0.3 is 0 Å². The molecule has 0 amide bonds. The predicted octanol–water partition coefficient (Wildman–Crippen LogP) is 5.05. The summed E-state index contributed by atoms with van der Waals surface area (Å²) in [6.07, 6.45) is 0. The molecule has 0 saturated carbocycles. The van der Waals surface area contributed by atoms with Crippen molar-refractivity contribution in [3.8, 4) is 17.4 Å². The van der Waals surface area contributed by atoms with Gasteiger partial charge < -0.3 is 14.2 Å². The third-order valence-electron chi connectivity index (χ3n) is 4.41. The number of aromatic nitrogens is 2. The molecule has 0 bridgehead atoms. The number of hydrogen-bond donors (Lipinski definition) is 0. The van der Waals surface area contributed by atoms with Crippen molar-refractivity contribution in [3.05, 3.63) is 69.8 Å². The smallest absolute Gasteiger partial charge is 0.245 e. The molecule has 0 fully saturated rings. The molecule has 6 nitrogen and oxygen atoms in total. The van der Waals surface area contributed by atoms with Gasteiger partial charge in [0.15, 0.2) is 0 Å². The minimum Gasteiger partial charge on any atom is -0.497 e. The first kappa shape index (κ1) is 20.9. The van der Waals surface area contributed by atoms with E-state index < -0.39 is 0 Å². The monoisotopic (exact) mass is 458 g/mol. The highest BCUT2D eigenvalue weighted by Crippen LogP contribution is 2.35. The molecule has 0 saturated heterocycles. The molecule has 0 aliphatic heterocycles. The molecule has 0 radical (unpaired) electrons. The second-order valence-electron chi connectivity index (χ2n) is 6.68. The van der Waals surface area contributed by atoms with Crippen LogP contribution in [0.4, 0.5) is 0 Å². The number of benzene rings is 2. The van der Waals surface area contributed by atoms with E-state index in [1.165, 1.54) is 7.11 Å². The molecule has 2 aromatic carbocycles. The van der Waals surface area contributed by atoms with Crippen molar-refractivity contribution in [2.24, 2.45) is 0 Å². The van der Waals surface area contributed by atoms with Gasteiger partial charge in [-0.05, 0) is 47.5 Å². The standard InChI is InChI=1S/C22H23BrN2O4/c1-14(2)25-21(23)19(22(24-25)29-13-15-8-6-5-7-9-15)20(26)17-11-10-16(27-3)12-18(17)28-4/h5-12,14H,13H2,1-4H3. The summed E-state index contributed by atoms with van der Waals surface area (Å²) < 4.78 is 18.9. The summed E-state index contributed by atoms with van der Waals surface area (Å²) in [5.41, 5.74) is 1.75. The summed E-state index contributed by atoms with van der Waals surface area (Å²) in [4.78, 5) is 13.4. The Hall–Kier alpha value is -2.80. The Balaban J connectivity index is 2.02. The molecule has 0 aliphatic rings. The lowest BCUT2D eigenvalue weighted by Crippen LogP contribution is -2.07. The number of ether oxygens (including phenoxy) is 3. The molecule has 7 heteroatoms. The normalized spacial score (nSPS) is 10.8. The molecule has 3 rings (SSSR count). The number of halogens is 1. The molecule has 0 spiro atoms. The van der Waals surface area contributed by atoms with Crippen molar-refractivity contribution < 1.29 is 19.0 Å². The molecule has 0 aliphatic carbocycles. The van der Waals surface area contributed by atoms with Gasteiger partial charge in [0.25, 0.3) is 0 Å². The first-order chi connectivity index (χ1) is 14.0. The number of carbonyl (C=O) groups is 1. The van der Waals surface area contributed by atoms with E-state index in [2.05, 4.69) is 21.0 Å². The van der Waals surface area contributed by atoms with Crippen LogP contribution in [0, 0.1) is 0 Å². The Kier molecular flexibility index (Phi) is 6.59. The van der Waals surface area contributed by atoms with Crippen LogP contribution in [0.2, 0.25) is 0 Å². The Morgan fingerprint density at radius 2 is 1.83 bits per heavy atom. The van der Waals surface area contributed by atoms with E-state index in [1.54, 1.807) is 30.0 Å². The van der Waals surface area contributed by atoms with Crippen molar-refractivity contribution in [1.29, 1.82) is 0 Å². The SMILES string of the molecule is COc1ccc(C(=O)c2c(OCc3ccccc3)nn(C(C)C)c2Br)c(OC)c1. The second kappa shape index (κ2) is 9.13. The molecule has 0 atom stereocenters. The zero-order chi connectivity index (χ0) is 21.0. The molecule has 29 heavy (non-hydrogen) atoms. The average Bonchev–Trinajstić information content (AvgIpc) is 3.08. The van der Waals surface area contributed by atoms with E-state index in [1.807, 2.05) is 44.2 Å². The number of ketones is 1. The van der Waals surface area contributed by atoms with Crippen molar-refractivity contribution in [2.75, 3.05) is 14.2 Å². The number of carbonyl (C=O) groups excluding carboxylic acids is 1. The number of rotatable bonds is 8. The minimum absolute atomic E-state index is 0.0442. The topological polar surface area (TPSA) is 62.6 Å². The van der Waals surface area contributed by atoms with Crippen LogP contribution in [0.25, 0.3) is 0 Å². The number of nitrogens with zero attached hydrogens (tertiary/aromatic N) is 2. The number of methoxy groups -OCH3 is 2. The van der Waals surface area contributed by atoms with Gasteiger partial charge in [-0.1, -0.05) is 30.3 Å². The maximum absolute atomic E-state index is 13.4. The largest absolute Gasteiger partial charge is 0.497 e. The van der Waals surface area contributed by atoms with Crippen LogP contribution in [0.5, 0.6) is 17.4 Å². The van der Waals surface area contributed by atoms with E-state index >= 15 is 0 Å². The average molecular weight is 459 g/mol. The van der Waals surface area contributed by atoms with Crippen LogP contribution in [0.1, 0.15) is 41.4 Å². The van der Waals surface area contributed by atoms with Crippen molar-refractivity contribution in [1.82, 2.24) is 9.78 Å². The van der Waals surface area contributed by atoms with Gasteiger partial charge in [-0.3, -0.25) is 9.48 Å². The van der Waals surface area contributed by atoms with Crippen molar-refractivity contribution >= 4 is 21.7 Å². The van der Waals surface area contributed by atoms with Gasteiger partial charge in [-0.25, -0.2) is 0 Å². The highest BCUT2D eigenvalue weighted by atomic mass is 79.9. The minimum atomic E-state index is -0.244. The van der Waals surface area contributed by atoms with Crippen LogP contribution in [0.15, 0.2) is 53.1 Å². The Bertz CT molecular complexity index is 1000. The van der Waals surface area contributed by atoms with Crippen molar-refractivity contribution in [3.63, 3.8) is 0 Å². The van der Waals surface area contributed by atoms with E-state index in [9.17, 15) is 4.79 Å². The van der Waals surface area contributed by atoms with Gasteiger partial charge in [0, 0.05) is 12.1 Å². The third-order valence-corrected chi connectivity index (χ3v) is 5.17. The molecule has 3 aromatic rings. The second-order valence-corrected chi connectivity index (χ2v) is 7.43. The summed E-state index contributed by atoms with van der Waals surface area (Å²) in [5, 5.41) is 4.52. The van der Waals surface area contributed by atoms with Gasteiger partial charge in [0.1, 0.15) is 28.3 Å². The highest BCUT2D eigenvalue weighted by Gasteiger charge is 2.28. The van der Waals surface area contributed by atoms with Crippen LogP contribution in [-0.4, -0.2) is 29.8 Å². The van der Waals surface area contributed by atoms with Gasteiger partial charge in [-0.2, -0.15) is 0 Å². The Morgan fingerprint density at radius 1 is 1.10 bits per heavy atom. The molecule has 0 N–H and O–H groups in total. The van der Waals surface area contributed by atoms with Crippen LogP contribution < -0.4 is 14.2 Å². The van der Waals surface area contributed by atoms with Gasteiger partial charge in [0.05, 0.1) is 19.8 Å². The molecule has 1 heterocycles. The zero-order valence-electron chi connectivity index (χ0n) is 16.8. The maximum Gasteiger partial charge on any atom is 0.245 e. The first-order valence-corrected chi connectivity index (χ1v) is 9.97. The third kappa shape index (κ3) is 4.45. The molecule has 152 valence electrons. The first-order valence-electron chi connectivity index (χ1n) is 9.17. The van der Waals surface area contributed by atoms with Gasteiger partial charge in [0.2, 0.25) is 11.7 Å². The molecule has 0 unspecified atom stereocenters. The lowest BCUT2D eigenvalue weighted by molar-refractivity contribution is 0.103. The fourth-order valence-corrected chi connectivity index (χ4v) is 3.71. The summed E-state index contributed by atoms with van der Waals surface area (Å²) >= 11 is 3.54. The summed E-state index contributed by atoms with van der Waals surface area (Å²) in [5.74, 6) is 1.06. The molecule has 1 aromatic heterocycles. The van der Waals surface area contributed by atoms with E-state index in [-0.39, 0.29) is 17.7 Å². The fourth-order valence-electron chi connectivity index (χ4n) is 2.88. The van der Waals surface area contributed by atoms with E-state index in [0.29, 0.717) is 33.8 Å². The van der Waals surface area contributed by atoms with Crippen LogP contribution in [0.3, 0.4) is 0 Å². The predicted molar refractivity (Wildman–Crippen MR) is 114 cm³/mol. The summed E-state index contributed by atoms with van der Waals surface area (Å²) in [6.45, 7) is 4.28. The van der Waals surface area contributed by atoms with Crippen LogP contribution in [-0.2, 0) is 6.61 Å². The Labute approximate surface area is 178 Å². The maximum atomic E-state index is 13.4. The molecular weight excluding hydrogens is 436 g/mol.